The van der Waals surface area contributed by atoms with Crippen LogP contribution in [-0.4, -0.2) is 20.9 Å². The summed E-state index contributed by atoms with van der Waals surface area (Å²) >= 11 is 2.16. The molecule has 5 nitrogen and oxygen atoms in total. The van der Waals surface area contributed by atoms with Gasteiger partial charge in [0.15, 0.2) is 0 Å². The van der Waals surface area contributed by atoms with Crippen molar-refractivity contribution in [2.75, 3.05) is 10.8 Å². The Kier molecular flexibility index (Phi) is 7.84. The van der Waals surface area contributed by atoms with Crippen LogP contribution in [0, 0.1) is 3.57 Å². The van der Waals surface area contributed by atoms with Crippen LogP contribution in [0.1, 0.15) is 44.9 Å². The highest BCUT2D eigenvalue weighted by atomic mass is 127. The van der Waals surface area contributed by atoms with E-state index in [2.05, 4.69) is 60.8 Å². The van der Waals surface area contributed by atoms with Gasteiger partial charge in [0.05, 0.1) is 16.6 Å². The topological polar surface area (TPSA) is 66.5 Å². The van der Waals surface area contributed by atoms with Gasteiger partial charge >= 0.3 is 0 Å². The Balaban J connectivity index is 1.82. The zero-order valence-corrected chi connectivity index (χ0v) is 22.2. The lowest BCUT2D eigenvalue weighted by Gasteiger charge is -2.25. The Labute approximate surface area is 210 Å². The number of anilines is 1. The van der Waals surface area contributed by atoms with Gasteiger partial charge in [-0.3, -0.25) is 9.10 Å². The predicted octanol–water partition coefficient (Wildman–Crippen LogP) is 5.66. The van der Waals surface area contributed by atoms with Gasteiger partial charge in [-0.1, -0.05) is 63.2 Å². The molecule has 0 aliphatic carbocycles. The molecule has 0 fully saturated rings. The summed E-state index contributed by atoms with van der Waals surface area (Å²) in [6.07, 6.45) is 0. The molecule has 33 heavy (non-hydrogen) atoms. The summed E-state index contributed by atoms with van der Waals surface area (Å²) in [6, 6.07) is 23.1. The van der Waals surface area contributed by atoms with Gasteiger partial charge in [0.25, 0.3) is 10.0 Å². The van der Waals surface area contributed by atoms with Gasteiger partial charge in [-0.15, -0.1) is 0 Å². The van der Waals surface area contributed by atoms with Crippen molar-refractivity contribution in [2.45, 2.75) is 44.0 Å². The summed E-state index contributed by atoms with van der Waals surface area (Å²) in [5, 5.41) is 2.94. The number of benzene rings is 3. The molecule has 3 aromatic carbocycles. The quantitative estimate of drug-likeness (QED) is 0.369. The standard InChI is InChI=1S/C26H29IN2O3S/c1-19(20-10-12-21(13-11-20)26(2,3)4)28-25(30)18-29(23-16-14-22(27)15-17-23)33(31,32)24-8-6-5-7-9-24/h5-17,19H,18H2,1-4H3,(H,28,30)/t19-/m1/s1. The van der Waals surface area contributed by atoms with E-state index in [1.807, 2.05) is 31.2 Å². The lowest BCUT2D eigenvalue weighted by atomic mass is 9.86. The van der Waals surface area contributed by atoms with Crippen LogP contribution in [0.3, 0.4) is 0 Å². The van der Waals surface area contributed by atoms with E-state index in [1.165, 1.54) is 17.7 Å². The minimum atomic E-state index is -3.91. The van der Waals surface area contributed by atoms with Crippen LogP contribution in [0.5, 0.6) is 0 Å². The SMILES string of the molecule is C[C@@H](NC(=O)CN(c1ccc(I)cc1)S(=O)(=O)c1ccccc1)c1ccc(C(C)(C)C)cc1. The molecule has 1 atom stereocenters. The molecule has 3 rings (SSSR count). The molecule has 0 bridgehead atoms. The minimum absolute atomic E-state index is 0.0464. The molecule has 0 heterocycles. The Morgan fingerprint density at radius 1 is 0.939 bits per heavy atom. The molecule has 1 N–H and O–H groups in total. The predicted molar refractivity (Wildman–Crippen MR) is 142 cm³/mol. The fraction of sp³-hybridized carbons (Fsp3) is 0.269. The number of halogens is 1. The summed E-state index contributed by atoms with van der Waals surface area (Å²) < 4.78 is 28.9. The molecule has 0 aromatic heterocycles. The number of hydrogen-bond acceptors (Lipinski definition) is 3. The number of hydrogen-bond donors (Lipinski definition) is 1. The molecule has 0 unspecified atom stereocenters. The van der Waals surface area contributed by atoms with Crippen LogP contribution >= 0.6 is 22.6 Å². The third-order valence-corrected chi connectivity index (χ3v) is 7.89. The number of carbonyl (C=O) groups excluding carboxylic acids is 1. The Morgan fingerprint density at radius 3 is 2.06 bits per heavy atom. The number of sulfonamides is 1. The normalized spacial score (nSPS) is 12.8. The number of amides is 1. The average Bonchev–Trinajstić information content (AvgIpc) is 2.78. The molecule has 0 saturated heterocycles. The maximum Gasteiger partial charge on any atom is 0.264 e. The van der Waals surface area contributed by atoms with E-state index in [0.717, 1.165) is 13.4 Å². The zero-order chi connectivity index (χ0) is 24.2. The van der Waals surface area contributed by atoms with Gasteiger partial charge in [-0.25, -0.2) is 8.42 Å². The monoisotopic (exact) mass is 576 g/mol. The van der Waals surface area contributed by atoms with Crippen molar-refractivity contribution in [3.05, 3.63) is 93.6 Å². The minimum Gasteiger partial charge on any atom is -0.348 e. The van der Waals surface area contributed by atoms with Crippen molar-refractivity contribution < 1.29 is 13.2 Å². The van der Waals surface area contributed by atoms with Crippen LogP contribution in [0.4, 0.5) is 5.69 Å². The molecular weight excluding hydrogens is 547 g/mol. The van der Waals surface area contributed by atoms with Crippen molar-refractivity contribution in [1.82, 2.24) is 5.32 Å². The lowest BCUT2D eigenvalue weighted by molar-refractivity contribution is -0.120. The molecule has 3 aromatic rings. The number of rotatable bonds is 7. The largest absolute Gasteiger partial charge is 0.348 e. The molecular formula is C26H29IN2O3S. The molecule has 0 aliphatic heterocycles. The molecule has 7 heteroatoms. The summed E-state index contributed by atoms with van der Waals surface area (Å²) in [5.74, 6) is -0.375. The van der Waals surface area contributed by atoms with Gasteiger partial charge in [0.2, 0.25) is 5.91 Å². The fourth-order valence-electron chi connectivity index (χ4n) is 3.41. The highest BCUT2D eigenvalue weighted by molar-refractivity contribution is 14.1. The summed E-state index contributed by atoms with van der Waals surface area (Å²) in [7, 11) is -3.91. The van der Waals surface area contributed by atoms with Crippen LogP contribution in [0.15, 0.2) is 83.8 Å². The van der Waals surface area contributed by atoms with E-state index in [1.54, 1.807) is 30.3 Å². The second kappa shape index (κ2) is 10.3. The Hall–Kier alpha value is -2.39. The lowest BCUT2D eigenvalue weighted by Crippen LogP contribution is -2.41. The van der Waals surface area contributed by atoms with Crippen LogP contribution in [0.25, 0.3) is 0 Å². The van der Waals surface area contributed by atoms with Crippen LogP contribution in [0.2, 0.25) is 0 Å². The highest BCUT2D eigenvalue weighted by Crippen LogP contribution is 2.26. The summed E-state index contributed by atoms with van der Waals surface area (Å²) in [5.41, 5.74) is 2.66. The molecule has 0 spiro atoms. The van der Waals surface area contributed by atoms with Crippen molar-refractivity contribution in [3.8, 4) is 0 Å². The van der Waals surface area contributed by atoms with Crippen LogP contribution in [-0.2, 0) is 20.2 Å². The summed E-state index contributed by atoms with van der Waals surface area (Å²) in [4.78, 5) is 13.1. The molecule has 0 aliphatic rings. The maximum atomic E-state index is 13.4. The van der Waals surface area contributed by atoms with E-state index < -0.39 is 10.0 Å². The smallest absolute Gasteiger partial charge is 0.264 e. The Bertz CT molecular complexity index is 1190. The van der Waals surface area contributed by atoms with E-state index in [-0.39, 0.29) is 28.8 Å². The summed E-state index contributed by atoms with van der Waals surface area (Å²) in [6.45, 7) is 8.03. The molecule has 0 radical (unpaired) electrons. The van der Waals surface area contributed by atoms with Gasteiger partial charge in [0.1, 0.15) is 6.54 Å². The van der Waals surface area contributed by atoms with Crippen molar-refractivity contribution in [3.63, 3.8) is 0 Å². The second-order valence-electron chi connectivity index (χ2n) is 8.96. The molecule has 1 amide bonds. The first-order chi connectivity index (χ1) is 15.5. The van der Waals surface area contributed by atoms with Gasteiger partial charge in [-0.05, 0) is 82.5 Å². The maximum absolute atomic E-state index is 13.4. The number of nitrogens with one attached hydrogen (secondary N) is 1. The van der Waals surface area contributed by atoms with Gasteiger partial charge in [0, 0.05) is 3.57 Å². The van der Waals surface area contributed by atoms with E-state index >= 15 is 0 Å². The van der Waals surface area contributed by atoms with Crippen molar-refractivity contribution in [2.24, 2.45) is 0 Å². The highest BCUT2D eigenvalue weighted by Gasteiger charge is 2.27. The Morgan fingerprint density at radius 2 is 1.52 bits per heavy atom. The van der Waals surface area contributed by atoms with Crippen LogP contribution < -0.4 is 9.62 Å². The zero-order valence-electron chi connectivity index (χ0n) is 19.2. The first-order valence-electron chi connectivity index (χ1n) is 10.7. The molecule has 174 valence electrons. The van der Waals surface area contributed by atoms with E-state index in [0.29, 0.717) is 5.69 Å². The average molecular weight is 577 g/mol. The second-order valence-corrected chi connectivity index (χ2v) is 12.1. The van der Waals surface area contributed by atoms with Crippen molar-refractivity contribution >= 4 is 44.2 Å². The van der Waals surface area contributed by atoms with Gasteiger partial charge in [-0.2, -0.15) is 0 Å². The first kappa shape index (κ1) is 25.2. The van der Waals surface area contributed by atoms with E-state index in [4.69, 9.17) is 0 Å². The van der Waals surface area contributed by atoms with Gasteiger partial charge < -0.3 is 5.32 Å². The third-order valence-electron chi connectivity index (χ3n) is 5.39. The first-order valence-corrected chi connectivity index (χ1v) is 13.2. The number of carbonyl (C=O) groups is 1. The van der Waals surface area contributed by atoms with E-state index in [9.17, 15) is 13.2 Å². The number of nitrogens with zero attached hydrogens (tertiary/aromatic N) is 1. The van der Waals surface area contributed by atoms with Crippen molar-refractivity contribution in [1.29, 1.82) is 0 Å². The fourth-order valence-corrected chi connectivity index (χ4v) is 5.22. The molecule has 0 saturated carbocycles. The third kappa shape index (κ3) is 6.35.